The average Bonchev–Trinajstić information content (AvgIpc) is 2.68. The molecule has 0 saturated heterocycles. The van der Waals surface area contributed by atoms with Gasteiger partial charge in [-0.25, -0.2) is 14.3 Å². The molecular formula is C18H15ClFN5O3. The molecule has 1 aromatic heterocycles. The zero-order valence-electron chi connectivity index (χ0n) is 14.6. The van der Waals surface area contributed by atoms with E-state index in [2.05, 4.69) is 25.7 Å². The summed E-state index contributed by atoms with van der Waals surface area (Å²) in [5, 5.41) is 10.0. The summed E-state index contributed by atoms with van der Waals surface area (Å²) in [4.78, 5) is 14.7. The molecule has 10 heteroatoms. The lowest BCUT2D eigenvalue weighted by Gasteiger charge is -2.12. The monoisotopic (exact) mass is 403 g/mol. The van der Waals surface area contributed by atoms with Crippen molar-refractivity contribution in [3.8, 4) is 11.5 Å². The molecule has 2 aromatic carbocycles. The van der Waals surface area contributed by atoms with Crippen molar-refractivity contribution >= 4 is 23.6 Å². The Bertz CT molecular complexity index is 1040. The first-order valence-electron chi connectivity index (χ1n) is 8.01. The number of nitrogens with one attached hydrogen (secondary N) is 2. The number of anilines is 1. The Morgan fingerprint density at radius 3 is 2.93 bits per heavy atom. The number of H-pyrrole nitrogens is 1. The number of hydrazone groups is 1. The van der Waals surface area contributed by atoms with Gasteiger partial charge in [0.05, 0.1) is 24.5 Å². The predicted octanol–water partition coefficient (Wildman–Crippen LogP) is 2.99. The van der Waals surface area contributed by atoms with Crippen molar-refractivity contribution in [1.82, 2.24) is 15.2 Å². The minimum Gasteiger partial charge on any atom is -0.493 e. The number of hydrogen-bond acceptors (Lipinski definition) is 7. The first kappa shape index (κ1) is 19.3. The highest BCUT2D eigenvalue weighted by atomic mass is 35.5. The van der Waals surface area contributed by atoms with E-state index in [0.29, 0.717) is 17.1 Å². The number of hydrogen-bond donors (Lipinski definition) is 2. The zero-order valence-corrected chi connectivity index (χ0v) is 15.4. The smallest absolute Gasteiger partial charge is 0.363 e. The van der Waals surface area contributed by atoms with Gasteiger partial charge in [0.15, 0.2) is 17.3 Å². The normalized spacial score (nSPS) is 10.8. The fourth-order valence-electron chi connectivity index (χ4n) is 2.24. The Kier molecular flexibility index (Phi) is 6.18. The van der Waals surface area contributed by atoms with Crippen LogP contribution in [0.4, 0.5) is 10.2 Å². The van der Waals surface area contributed by atoms with E-state index < -0.39 is 11.5 Å². The minimum atomic E-state index is -0.585. The number of aromatic nitrogens is 3. The van der Waals surface area contributed by atoms with Crippen LogP contribution in [0, 0.1) is 5.82 Å². The van der Waals surface area contributed by atoms with Crippen LogP contribution in [-0.4, -0.2) is 28.5 Å². The summed E-state index contributed by atoms with van der Waals surface area (Å²) in [7, 11) is 1.49. The third kappa shape index (κ3) is 4.83. The molecule has 0 aliphatic carbocycles. The standard InChI is InChI=1S/C18H15ClFN5O3/c1-27-16-7-11(8-21-24-17-9-22-25-18(26)23-17)5-6-15(16)28-10-12-13(19)3-2-4-14(12)20/h2-9H,10H2,1H3,(H2,23,24,25,26)/b21-8+. The maximum atomic E-state index is 13.9. The summed E-state index contributed by atoms with van der Waals surface area (Å²) in [6, 6.07) is 9.53. The molecule has 144 valence electrons. The van der Waals surface area contributed by atoms with Gasteiger partial charge < -0.3 is 9.47 Å². The van der Waals surface area contributed by atoms with Crippen LogP contribution in [0.15, 0.2) is 52.5 Å². The van der Waals surface area contributed by atoms with Crippen molar-refractivity contribution in [3.05, 3.63) is 75.0 Å². The first-order chi connectivity index (χ1) is 13.6. The van der Waals surface area contributed by atoms with Crippen LogP contribution in [0.25, 0.3) is 0 Å². The van der Waals surface area contributed by atoms with E-state index in [9.17, 15) is 9.18 Å². The lowest BCUT2D eigenvalue weighted by Crippen LogP contribution is -2.13. The van der Waals surface area contributed by atoms with E-state index in [1.54, 1.807) is 24.3 Å². The summed E-state index contributed by atoms with van der Waals surface area (Å²) >= 11 is 6.01. The fourth-order valence-corrected chi connectivity index (χ4v) is 2.46. The van der Waals surface area contributed by atoms with Crippen LogP contribution in [0.2, 0.25) is 5.02 Å². The largest absolute Gasteiger partial charge is 0.493 e. The Hall–Kier alpha value is -3.46. The highest BCUT2D eigenvalue weighted by Crippen LogP contribution is 2.29. The third-order valence-corrected chi connectivity index (χ3v) is 3.94. The van der Waals surface area contributed by atoms with Crippen LogP contribution in [0.1, 0.15) is 11.1 Å². The predicted molar refractivity (Wildman–Crippen MR) is 103 cm³/mol. The van der Waals surface area contributed by atoms with E-state index >= 15 is 0 Å². The number of methoxy groups -OCH3 is 1. The Balaban J connectivity index is 1.69. The number of benzene rings is 2. The van der Waals surface area contributed by atoms with Gasteiger partial charge in [0.2, 0.25) is 0 Å². The molecule has 0 aliphatic heterocycles. The highest BCUT2D eigenvalue weighted by Gasteiger charge is 2.10. The Labute approximate surface area is 164 Å². The molecule has 0 fully saturated rings. The molecular weight excluding hydrogens is 389 g/mol. The van der Waals surface area contributed by atoms with E-state index in [4.69, 9.17) is 21.1 Å². The van der Waals surface area contributed by atoms with Crippen LogP contribution >= 0.6 is 11.6 Å². The molecule has 28 heavy (non-hydrogen) atoms. The van der Waals surface area contributed by atoms with Gasteiger partial charge in [0.25, 0.3) is 0 Å². The Morgan fingerprint density at radius 1 is 1.32 bits per heavy atom. The van der Waals surface area contributed by atoms with Gasteiger partial charge in [-0.05, 0) is 35.9 Å². The maximum Gasteiger partial charge on any atom is 0.363 e. The number of halogens is 2. The van der Waals surface area contributed by atoms with Crippen LogP contribution in [0.5, 0.6) is 11.5 Å². The second-order valence-electron chi connectivity index (χ2n) is 5.44. The third-order valence-electron chi connectivity index (χ3n) is 3.58. The SMILES string of the molecule is COc1cc(/C=N/Nc2cn[nH]c(=O)n2)ccc1OCc1c(F)cccc1Cl. The second kappa shape index (κ2) is 8.96. The van der Waals surface area contributed by atoms with Crippen LogP contribution < -0.4 is 20.6 Å². The van der Waals surface area contributed by atoms with Gasteiger partial charge in [-0.2, -0.15) is 15.2 Å². The van der Waals surface area contributed by atoms with Gasteiger partial charge in [0, 0.05) is 5.56 Å². The molecule has 0 amide bonds. The molecule has 0 spiro atoms. The molecule has 0 aliphatic rings. The lowest BCUT2D eigenvalue weighted by molar-refractivity contribution is 0.280. The number of rotatable bonds is 7. The highest BCUT2D eigenvalue weighted by molar-refractivity contribution is 6.31. The van der Waals surface area contributed by atoms with E-state index in [1.807, 2.05) is 0 Å². The van der Waals surface area contributed by atoms with Crippen molar-refractivity contribution in [1.29, 1.82) is 0 Å². The van der Waals surface area contributed by atoms with Gasteiger partial charge in [-0.15, -0.1) is 0 Å². The van der Waals surface area contributed by atoms with E-state index in [-0.39, 0.29) is 23.0 Å². The Morgan fingerprint density at radius 2 is 2.18 bits per heavy atom. The molecule has 2 N–H and O–H groups in total. The second-order valence-corrected chi connectivity index (χ2v) is 5.85. The summed E-state index contributed by atoms with van der Waals surface area (Å²) in [6.07, 6.45) is 2.83. The fraction of sp³-hybridized carbons (Fsp3) is 0.111. The van der Waals surface area contributed by atoms with E-state index in [0.717, 1.165) is 0 Å². The molecule has 3 rings (SSSR count). The summed E-state index contributed by atoms with van der Waals surface area (Å²) < 4.78 is 24.8. The maximum absolute atomic E-state index is 13.9. The number of ether oxygens (including phenoxy) is 2. The topological polar surface area (TPSA) is 101 Å². The molecule has 8 nitrogen and oxygen atoms in total. The van der Waals surface area contributed by atoms with Gasteiger partial charge in [-0.3, -0.25) is 5.43 Å². The van der Waals surface area contributed by atoms with Crippen LogP contribution in [0.3, 0.4) is 0 Å². The average molecular weight is 404 g/mol. The lowest BCUT2D eigenvalue weighted by atomic mass is 10.2. The molecule has 3 aromatic rings. The summed E-state index contributed by atoms with van der Waals surface area (Å²) in [5.41, 5.74) is 2.96. The first-order valence-corrected chi connectivity index (χ1v) is 8.39. The molecule has 0 saturated carbocycles. The summed E-state index contributed by atoms with van der Waals surface area (Å²) in [5.74, 6) is 0.623. The molecule has 0 unspecified atom stereocenters. The van der Waals surface area contributed by atoms with Gasteiger partial charge in [0.1, 0.15) is 12.4 Å². The quantitative estimate of drug-likeness (QED) is 0.464. The van der Waals surface area contributed by atoms with Gasteiger partial charge >= 0.3 is 5.69 Å². The molecule has 1 heterocycles. The minimum absolute atomic E-state index is 0.0436. The van der Waals surface area contributed by atoms with E-state index in [1.165, 1.54) is 31.7 Å². The molecule has 0 bridgehead atoms. The van der Waals surface area contributed by atoms with Crippen molar-refractivity contribution in [2.24, 2.45) is 5.10 Å². The zero-order chi connectivity index (χ0) is 19.9. The van der Waals surface area contributed by atoms with Crippen LogP contribution in [-0.2, 0) is 6.61 Å². The number of nitrogens with zero attached hydrogens (tertiary/aromatic N) is 3. The summed E-state index contributed by atoms with van der Waals surface area (Å²) in [6.45, 7) is -0.0436. The molecule has 0 atom stereocenters. The van der Waals surface area contributed by atoms with Crippen molar-refractivity contribution in [2.75, 3.05) is 12.5 Å². The molecule has 0 radical (unpaired) electrons. The van der Waals surface area contributed by atoms with Crippen molar-refractivity contribution in [3.63, 3.8) is 0 Å². The van der Waals surface area contributed by atoms with Crippen molar-refractivity contribution in [2.45, 2.75) is 6.61 Å². The number of aromatic amines is 1. The van der Waals surface area contributed by atoms with Crippen molar-refractivity contribution < 1.29 is 13.9 Å². The van der Waals surface area contributed by atoms with Gasteiger partial charge in [-0.1, -0.05) is 17.7 Å².